The monoisotopic (exact) mass is 892 g/mol. The van der Waals surface area contributed by atoms with Gasteiger partial charge in [0.2, 0.25) is 5.91 Å². The van der Waals surface area contributed by atoms with Crippen molar-refractivity contribution < 1.29 is 33.8 Å². The Morgan fingerprint density at radius 3 is 2.11 bits per heavy atom. The molecule has 0 spiro atoms. The molecule has 2 aliphatic heterocycles. The van der Waals surface area contributed by atoms with E-state index < -0.39 is 36.4 Å². The summed E-state index contributed by atoms with van der Waals surface area (Å²) in [6.07, 6.45) is 2.35. The molecule has 4 aromatic carbocycles. The Balaban J connectivity index is 0.953. The van der Waals surface area contributed by atoms with E-state index in [2.05, 4.69) is 15.6 Å². The van der Waals surface area contributed by atoms with Gasteiger partial charge in [0.1, 0.15) is 23.9 Å². The number of anilines is 1. The number of likely N-dealkylation sites (tertiary alicyclic amines) is 2. The summed E-state index contributed by atoms with van der Waals surface area (Å²) in [6, 6.07) is 30.3. The first-order valence-corrected chi connectivity index (χ1v) is 22.5. The molecule has 2 fully saturated rings. The fourth-order valence-electron chi connectivity index (χ4n) is 9.25. The van der Waals surface area contributed by atoms with Crippen LogP contribution in [0.1, 0.15) is 88.5 Å². The van der Waals surface area contributed by atoms with E-state index in [0.29, 0.717) is 49.2 Å². The fraction of sp³-hybridized carbons (Fsp3) is 0.333. The fourth-order valence-corrected chi connectivity index (χ4v) is 9.25. The number of amides is 5. The molecule has 6 aromatic rings. The first kappa shape index (κ1) is 45.2. The number of alkyl carbamates (subject to hydrolysis) is 1. The van der Waals surface area contributed by atoms with Crippen molar-refractivity contribution in [1.29, 1.82) is 0 Å². The summed E-state index contributed by atoms with van der Waals surface area (Å²) in [5, 5.41) is 16.9. The molecule has 4 atom stereocenters. The number of ether oxygens (including phenoxy) is 1. The highest BCUT2D eigenvalue weighted by Gasteiger charge is 2.42. The Labute approximate surface area is 383 Å². The third-order valence-corrected chi connectivity index (χ3v) is 12.4. The average Bonchev–Trinajstić information content (AvgIpc) is 4.14. The number of fused-ring (bicyclic) bond motifs is 1. The number of aromatic nitrogens is 3. The van der Waals surface area contributed by atoms with Crippen molar-refractivity contribution in [3.05, 3.63) is 132 Å². The maximum Gasteiger partial charge on any atom is 0.408 e. The SMILES string of the molecule is CC(C)OC(=O)N[C@@H](C(=O)N1CCC[C@H]1C(=O)Nc1ccc2[nH]c(-c3ccc(-c4cn(C)c([C@@H]5CCCN5C(=O)[C@@H](c5ccccc5)N(C(=O)O)C(C)C)n4)cc3)cc2c1)c1ccccc1. The van der Waals surface area contributed by atoms with E-state index in [1.165, 1.54) is 4.90 Å². The number of rotatable bonds is 13. The van der Waals surface area contributed by atoms with Crippen molar-refractivity contribution in [2.45, 2.75) is 89.7 Å². The van der Waals surface area contributed by atoms with Gasteiger partial charge in [0.15, 0.2) is 0 Å². The predicted octanol–water partition coefficient (Wildman–Crippen LogP) is 8.83. The molecule has 0 radical (unpaired) electrons. The lowest BCUT2D eigenvalue weighted by molar-refractivity contribution is -0.138. The van der Waals surface area contributed by atoms with E-state index in [1.54, 1.807) is 73.9 Å². The van der Waals surface area contributed by atoms with Gasteiger partial charge in [-0.15, -0.1) is 0 Å². The molecule has 0 unspecified atom stereocenters. The van der Waals surface area contributed by atoms with Crippen LogP contribution in [0.25, 0.3) is 33.4 Å². The number of benzene rings is 4. The number of carbonyl (C=O) groups is 5. The summed E-state index contributed by atoms with van der Waals surface area (Å²) in [5.41, 5.74) is 6.19. The minimum atomic E-state index is -1.15. The molecular formula is C51H56N8O7. The second-order valence-corrected chi connectivity index (χ2v) is 17.6. The van der Waals surface area contributed by atoms with E-state index in [4.69, 9.17) is 9.72 Å². The van der Waals surface area contributed by atoms with Crippen molar-refractivity contribution in [1.82, 2.24) is 34.6 Å². The highest BCUT2D eigenvalue weighted by molar-refractivity contribution is 6.00. The van der Waals surface area contributed by atoms with Crippen molar-refractivity contribution in [3.8, 4) is 22.5 Å². The van der Waals surface area contributed by atoms with Crippen LogP contribution >= 0.6 is 0 Å². The number of nitrogens with zero attached hydrogens (tertiary/aromatic N) is 5. The smallest absolute Gasteiger partial charge is 0.408 e. The highest BCUT2D eigenvalue weighted by Crippen LogP contribution is 2.37. The third-order valence-electron chi connectivity index (χ3n) is 12.4. The summed E-state index contributed by atoms with van der Waals surface area (Å²) in [7, 11) is 1.92. The van der Waals surface area contributed by atoms with Crippen LogP contribution < -0.4 is 10.6 Å². The summed E-state index contributed by atoms with van der Waals surface area (Å²) in [6.45, 7) is 7.91. The van der Waals surface area contributed by atoms with Gasteiger partial charge in [0.25, 0.3) is 11.8 Å². The van der Waals surface area contributed by atoms with Gasteiger partial charge in [0.05, 0.1) is 17.8 Å². The first-order valence-electron chi connectivity index (χ1n) is 22.5. The molecule has 15 heteroatoms. The minimum absolute atomic E-state index is 0.261. The van der Waals surface area contributed by atoms with Crippen LogP contribution in [0.3, 0.4) is 0 Å². The summed E-state index contributed by atoms with van der Waals surface area (Å²) in [5.74, 6) is -0.207. The van der Waals surface area contributed by atoms with Crippen molar-refractivity contribution in [2.24, 2.45) is 7.05 Å². The molecule has 2 saturated heterocycles. The zero-order chi connectivity index (χ0) is 46.6. The molecule has 8 rings (SSSR count). The van der Waals surface area contributed by atoms with E-state index in [9.17, 15) is 29.1 Å². The minimum Gasteiger partial charge on any atom is -0.465 e. The second kappa shape index (κ2) is 19.4. The number of H-pyrrole nitrogens is 1. The Morgan fingerprint density at radius 1 is 0.788 bits per heavy atom. The molecular weight excluding hydrogens is 837 g/mol. The normalized spacial score (nSPS) is 17.0. The molecule has 5 amide bonds. The Kier molecular flexibility index (Phi) is 13.2. The van der Waals surface area contributed by atoms with Gasteiger partial charge in [-0.1, -0.05) is 84.9 Å². The predicted molar refractivity (Wildman–Crippen MR) is 251 cm³/mol. The van der Waals surface area contributed by atoms with E-state index in [0.717, 1.165) is 45.7 Å². The number of hydrogen-bond acceptors (Lipinski definition) is 7. The van der Waals surface area contributed by atoms with Crippen molar-refractivity contribution in [2.75, 3.05) is 18.4 Å². The maximum absolute atomic E-state index is 14.4. The van der Waals surface area contributed by atoms with Gasteiger partial charge in [-0.2, -0.15) is 0 Å². The highest BCUT2D eigenvalue weighted by atomic mass is 16.6. The summed E-state index contributed by atoms with van der Waals surface area (Å²) >= 11 is 0. The third kappa shape index (κ3) is 9.51. The van der Waals surface area contributed by atoms with Crippen LogP contribution in [0.2, 0.25) is 0 Å². The molecule has 2 aromatic heterocycles. The zero-order valence-corrected chi connectivity index (χ0v) is 37.8. The Morgan fingerprint density at radius 2 is 1.44 bits per heavy atom. The number of carbonyl (C=O) groups excluding carboxylic acids is 4. The van der Waals surface area contributed by atoms with Crippen LogP contribution in [-0.4, -0.2) is 95.5 Å². The lowest BCUT2D eigenvalue weighted by Crippen LogP contribution is -2.48. The van der Waals surface area contributed by atoms with Crippen LogP contribution in [0.4, 0.5) is 15.3 Å². The molecule has 0 saturated carbocycles. The number of hydrogen-bond donors (Lipinski definition) is 4. The van der Waals surface area contributed by atoms with Crippen LogP contribution in [0, 0.1) is 0 Å². The van der Waals surface area contributed by atoms with E-state index >= 15 is 0 Å². The Hall–Kier alpha value is -7.42. The van der Waals surface area contributed by atoms with Crippen LogP contribution in [0.15, 0.2) is 115 Å². The second-order valence-electron chi connectivity index (χ2n) is 17.6. The molecule has 66 heavy (non-hydrogen) atoms. The van der Waals surface area contributed by atoms with Gasteiger partial charge in [-0.05, 0) is 94.3 Å². The lowest BCUT2D eigenvalue weighted by Gasteiger charge is -2.36. The van der Waals surface area contributed by atoms with Crippen LogP contribution in [-0.2, 0) is 26.2 Å². The first-order chi connectivity index (χ1) is 31.8. The van der Waals surface area contributed by atoms with Gasteiger partial charge < -0.3 is 39.8 Å². The lowest BCUT2D eigenvalue weighted by atomic mass is 10.0. The van der Waals surface area contributed by atoms with Crippen LogP contribution in [0.5, 0.6) is 0 Å². The van der Waals surface area contributed by atoms with Gasteiger partial charge in [-0.3, -0.25) is 19.3 Å². The van der Waals surface area contributed by atoms with E-state index in [-0.39, 0.29) is 29.9 Å². The number of carboxylic acid groups (broad SMARTS) is 1. The molecule has 4 N–H and O–H groups in total. The molecule has 15 nitrogen and oxygen atoms in total. The van der Waals surface area contributed by atoms with Gasteiger partial charge in [-0.25, -0.2) is 14.6 Å². The number of aromatic amines is 1. The number of aryl methyl sites for hydroxylation is 1. The van der Waals surface area contributed by atoms with Crippen molar-refractivity contribution in [3.63, 3.8) is 0 Å². The quantitative estimate of drug-likeness (QED) is 0.0887. The van der Waals surface area contributed by atoms with Gasteiger partial charge >= 0.3 is 12.2 Å². The largest absolute Gasteiger partial charge is 0.465 e. The van der Waals surface area contributed by atoms with E-state index in [1.807, 2.05) is 90.6 Å². The maximum atomic E-state index is 14.4. The molecule has 2 aliphatic rings. The molecule has 0 bridgehead atoms. The standard InChI is InChI=1S/C51H56N8O7/c1-31(2)59(51(64)65)45(36-16-10-7-11-17-36)49(62)57-26-12-18-42(57)46-54-41(30-56(46)5)34-22-20-33(21-23-34)40-29-37-28-38(24-25-39(37)53-40)52-47(60)43-19-13-27-58(43)48(61)44(35-14-8-6-9-15-35)55-50(63)66-32(3)4/h6-11,14-17,20-25,28-32,42-45,53H,12-13,18-19,26-27H2,1-5H3,(H,52,60)(H,55,63)(H,64,65)/t42-,43-,44+,45+/m0/s1. The summed E-state index contributed by atoms with van der Waals surface area (Å²) in [4.78, 5) is 80.5. The molecule has 4 heterocycles. The number of imidazole rings is 1. The molecule has 342 valence electrons. The zero-order valence-electron chi connectivity index (χ0n) is 37.8. The van der Waals surface area contributed by atoms with Crippen molar-refractivity contribution >= 4 is 46.5 Å². The number of nitrogens with one attached hydrogen (secondary N) is 3. The van der Waals surface area contributed by atoms with Gasteiger partial charge in [0, 0.05) is 60.2 Å². The molecule has 0 aliphatic carbocycles. The summed E-state index contributed by atoms with van der Waals surface area (Å²) < 4.78 is 7.24. The topological polar surface area (TPSA) is 182 Å². The Bertz CT molecular complexity index is 2710. The average molecular weight is 893 g/mol.